The standard InChI is InChI=1S/C10H21BO2/c1-4-5-9(11)6-10(12)8(2)7-13-3/h4-5,8-10,12H,6-7,11H2,1-3H3/b5-4-/t8?,9-,10?/m0/s1. The van der Waals surface area contributed by atoms with E-state index in [0.29, 0.717) is 12.4 Å². The minimum absolute atomic E-state index is 0.220. The third kappa shape index (κ3) is 5.89. The van der Waals surface area contributed by atoms with Crippen LogP contribution >= 0.6 is 0 Å². The molecule has 2 unspecified atom stereocenters. The van der Waals surface area contributed by atoms with Crippen LogP contribution in [0.3, 0.4) is 0 Å². The van der Waals surface area contributed by atoms with Crippen LogP contribution in [-0.4, -0.2) is 32.8 Å². The molecule has 0 rings (SSSR count). The summed E-state index contributed by atoms with van der Waals surface area (Å²) in [5.41, 5.74) is 0. The largest absolute Gasteiger partial charge is 0.393 e. The Morgan fingerprint density at radius 3 is 2.62 bits per heavy atom. The summed E-state index contributed by atoms with van der Waals surface area (Å²) in [6.07, 6.45) is 4.70. The number of hydrogen-bond donors (Lipinski definition) is 1. The molecular formula is C10H21BO2. The van der Waals surface area contributed by atoms with E-state index in [2.05, 4.69) is 13.9 Å². The zero-order valence-corrected chi connectivity index (χ0v) is 9.16. The predicted molar refractivity (Wildman–Crippen MR) is 58.8 cm³/mol. The zero-order chi connectivity index (χ0) is 10.3. The van der Waals surface area contributed by atoms with Crippen molar-refractivity contribution in [2.24, 2.45) is 5.92 Å². The number of aliphatic hydroxyl groups excluding tert-OH is 1. The van der Waals surface area contributed by atoms with Crippen LogP contribution < -0.4 is 0 Å². The fourth-order valence-corrected chi connectivity index (χ4v) is 1.39. The summed E-state index contributed by atoms with van der Waals surface area (Å²) in [6.45, 7) is 4.64. The van der Waals surface area contributed by atoms with Crippen LogP contribution in [0.2, 0.25) is 5.82 Å². The Balaban J connectivity index is 3.77. The number of hydrogen-bond acceptors (Lipinski definition) is 2. The molecule has 0 aromatic heterocycles. The van der Waals surface area contributed by atoms with Gasteiger partial charge in [0.05, 0.1) is 12.7 Å². The normalized spacial score (nSPS) is 18.8. The van der Waals surface area contributed by atoms with Crippen LogP contribution in [0.5, 0.6) is 0 Å². The van der Waals surface area contributed by atoms with Crippen LogP contribution in [0.4, 0.5) is 0 Å². The average Bonchev–Trinajstić information content (AvgIpc) is 2.05. The van der Waals surface area contributed by atoms with Crippen molar-refractivity contribution in [1.82, 2.24) is 0 Å². The van der Waals surface area contributed by atoms with Gasteiger partial charge in [-0.15, -0.1) is 0 Å². The van der Waals surface area contributed by atoms with Crippen molar-refractivity contribution >= 4 is 7.85 Å². The summed E-state index contributed by atoms with van der Waals surface area (Å²) in [4.78, 5) is 0. The van der Waals surface area contributed by atoms with E-state index < -0.39 is 0 Å². The van der Waals surface area contributed by atoms with Gasteiger partial charge in [0.25, 0.3) is 0 Å². The molecule has 0 heterocycles. The maximum absolute atomic E-state index is 9.73. The number of ether oxygens (including phenoxy) is 1. The number of rotatable bonds is 6. The number of methoxy groups -OCH3 is 1. The Morgan fingerprint density at radius 2 is 2.15 bits per heavy atom. The van der Waals surface area contributed by atoms with Gasteiger partial charge < -0.3 is 9.84 Å². The second-order valence-corrected chi connectivity index (χ2v) is 3.74. The monoisotopic (exact) mass is 184 g/mol. The Kier molecular flexibility index (Phi) is 7.01. The van der Waals surface area contributed by atoms with E-state index in [4.69, 9.17) is 4.74 Å². The molecule has 0 saturated heterocycles. The molecule has 76 valence electrons. The fraction of sp³-hybridized carbons (Fsp3) is 0.800. The van der Waals surface area contributed by atoms with E-state index in [1.807, 2.05) is 19.9 Å². The molecule has 0 aromatic carbocycles. The van der Waals surface area contributed by atoms with Gasteiger partial charge in [-0.2, -0.15) is 0 Å². The van der Waals surface area contributed by atoms with Crippen LogP contribution in [0, 0.1) is 5.92 Å². The van der Waals surface area contributed by atoms with Gasteiger partial charge in [-0.25, -0.2) is 0 Å². The zero-order valence-electron chi connectivity index (χ0n) is 9.16. The highest BCUT2D eigenvalue weighted by molar-refractivity contribution is 6.12. The SMILES string of the molecule is B[C@@H](/C=C\C)CC(O)C(C)COC. The van der Waals surface area contributed by atoms with Crippen molar-refractivity contribution in [2.45, 2.75) is 32.2 Å². The lowest BCUT2D eigenvalue weighted by Crippen LogP contribution is -2.23. The molecule has 0 aromatic rings. The Morgan fingerprint density at radius 1 is 1.54 bits per heavy atom. The van der Waals surface area contributed by atoms with Crippen molar-refractivity contribution in [3.05, 3.63) is 12.2 Å². The molecule has 2 nitrogen and oxygen atoms in total. The van der Waals surface area contributed by atoms with E-state index >= 15 is 0 Å². The molecule has 0 aliphatic heterocycles. The van der Waals surface area contributed by atoms with Crippen LogP contribution in [0.15, 0.2) is 12.2 Å². The smallest absolute Gasteiger partial charge is 0.110 e. The van der Waals surface area contributed by atoms with Gasteiger partial charge in [-0.05, 0) is 19.2 Å². The highest BCUT2D eigenvalue weighted by Crippen LogP contribution is 2.16. The van der Waals surface area contributed by atoms with E-state index in [9.17, 15) is 5.11 Å². The predicted octanol–water partition coefficient (Wildman–Crippen LogP) is 1.02. The van der Waals surface area contributed by atoms with Crippen LogP contribution in [0.1, 0.15) is 20.3 Å². The minimum Gasteiger partial charge on any atom is -0.393 e. The molecular weight excluding hydrogens is 163 g/mol. The Bertz CT molecular complexity index is 148. The van der Waals surface area contributed by atoms with Crippen molar-refractivity contribution in [1.29, 1.82) is 0 Å². The maximum Gasteiger partial charge on any atom is 0.110 e. The quantitative estimate of drug-likeness (QED) is 0.493. The summed E-state index contributed by atoms with van der Waals surface area (Å²) in [7, 11) is 3.78. The van der Waals surface area contributed by atoms with Gasteiger partial charge in [0.1, 0.15) is 7.85 Å². The molecule has 0 bridgehead atoms. The minimum atomic E-state index is -0.258. The third-order valence-corrected chi connectivity index (χ3v) is 2.22. The summed E-state index contributed by atoms with van der Waals surface area (Å²) >= 11 is 0. The van der Waals surface area contributed by atoms with Crippen molar-refractivity contribution < 1.29 is 9.84 Å². The first-order chi connectivity index (χ1) is 6.11. The van der Waals surface area contributed by atoms with E-state index in [1.165, 1.54) is 0 Å². The molecule has 0 radical (unpaired) electrons. The van der Waals surface area contributed by atoms with E-state index in [0.717, 1.165) is 6.42 Å². The van der Waals surface area contributed by atoms with Gasteiger partial charge in [-0.3, -0.25) is 0 Å². The van der Waals surface area contributed by atoms with E-state index in [1.54, 1.807) is 7.11 Å². The Hall–Kier alpha value is -0.275. The molecule has 13 heavy (non-hydrogen) atoms. The molecule has 0 saturated carbocycles. The number of aliphatic hydroxyl groups is 1. The van der Waals surface area contributed by atoms with Gasteiger partial charge in [0.2, 0.25) is 0 Å². The lowest BCUT2D eigenvalue weighted by Gasteiger charge is -2.19. The first-order valence-electron chi connectivity index (χ1n) is 4.91. The van der Waals surface area contributed by atoms with Gasteiger partial charge in [0.15, 0.2) is 0 Å². The van der Waals surface area contributed by atoms with Crippen LogP contribution in [0.25, 0.3) is 0 Å². The molecule has 0 spiro atoms. The maximum atomic E-state index is 9.73. The first kappa shape index (κ1) is 12.7. The van der Waals surface area contributed by atoms with Gasteiger partial charge in [-0.1, -0.05) is 19.1 Å². The second-order valence-electron chi connectivity index (χ2n) is 3.74. The summed E-state index contributed by atoms with van der Waals surface area (Å²) < 4.78 is 4.99. The third-order valence-electron chi connectivity index (χ3n) is 2.22. The Labute approximate surface area is 82.4 Å². The number of allylic oxidation sites excluding steroid dienone is 2. The molecule has 0 amide bonds. The average molecular weight is 184 g/mol. The summed E-state index contributed by atoms with van der Waals surface area (Å²) in [5.74, 6) is 0.664. The highest BCUT2D eigenvalue weighted by atomic mass is 16.5. The first-order valence-corrected chi connectivity index (χ1v) is 4.91. The molecule has 3 heteroatoms. The topological polar surface area (TPSA) is 29.5 Å². The molecule has 1 N–H and O–H groups in total. The second kappa shape index (κ2) is 7.16. The highest BCUT2D eigenvalue weighted by Gasteiger charge is 2.15. The van der Waals surface area contributed by atoms with Gasteiger partial charge >= 0.3 is 0 Å². The molecule has 0 aliphatic carbocycles. The molecule has 0 fully saturated rings. The van der Waals surface area contributed by atoms with Gasteiger partial charge in [0, 0.05) is 13.0 Å². The van der Waals surface area contributed by atoms with Crippen molar-refractivity contribution in [3.8, 4) is 0 Å². The summed E-state index contributed by atoms with van der Waals surface area (Å²) in [6, 6.07) is 0. The molecule has 3 atom stereocenters. The lowest BCUT2D eigenvalue weighted by atomic mass is 9.80. The lowest BCUT2D eigenvalue weighted by molar-refractivity contribution is 0.0527. The van der Waals surface area contributed by atoms with Crippen molar-refractivity contribution in [3.63, 3.8) is 0 Å². The fourth-order valence-electron chi connectivity index (χ4n) is 1.39. The summed E-state index contributed by atoms with van der Waals surface area (Å²) in [5, 5.41) is 9.73. The van der Waals surface area contributed by atoms with Crippen molar-refractivity contribution in [2.75, 3.05) is 13.7 Å². The molecule has 0 aliphatic rings. The van der Waals surface area contributed by atoms with E-state index in [-0.39, 0.29) is 12.0 Å². The van der Waals surface area contributed by atoms with Crippen LogP contribution in [-0.2, 0) is 4.74 Å².